The van der Waals surface area contributed by atoms with Gasteiger partial charge in [0.25, 0.3) is 0 Å². The van der Waals surface area contributed by atoms with Crippen LogP contribution >= 0.6 is 0 Å². The molecule has 1 fully saturated rings. The number of cyclic esters (lactones) is 1. The molecule has 1 N–H and O–H groups in total. The number of rotatable bonds is 3. The highest BCUT2D eigenvalue weighted by atomic mass is 16.6. The molecule has 0 spiro atoms. The van der Waals surface area contributed by atoms with Gasteiger partial charge < -0.3 is 14.7 Å². The van der Waals surface area contributed by atoms with E-state index in [9.17, 15) is 4.79 Å². The first-order valence-corrected chi connectivity index (χ1v) is 5.31. The molecule has 4 heteroatoms. The lowest BCUT2D eigenvalue weighted by Gasteiger charge is -2.12. The Labute approximate surface area is 94.4 Å². The average Bonchev–Trinajstić information content (AvgIpc) is 2.63. The molecule has 1 amide bonds. The van der Waals surface area contributed by atoms with Crippen molar-refractivity contribution in [3.8, 4) is 0 Å². The van der Waals surface area contributed by atoms with Crippen LogP contribution in [0.15, 0.2) is 24.3 Å². The molecule has 4 nitrogen and oxygen atoms in total. The van der Waals surface area contributed by atoms with Crippen LogP contribution in [0.1, 0.15) is 11.1 Å². The molecule has 1 atom stereocenters. The molecule has 16 heavy (non-hydrogen) atoms. The molecule has 1 aliphatic rings. The van der Waals surface area contributed by atoms with Gasteiger partial charge in [0.05, 0.1) is 13.2 Å². The monoisotopic (exact) mass is 221 g/mol. The van der Waals surface area contributed by atoms with Crippen molar-refractivity contribution in [1.29, 1.82) is 0 Å². The molecule has 2 rings (SSSR count). The van der Waals surface area contributed by atoms with Crippen LogP contribution in [-0.4, -0.2) is 35.4 Å². The molecule has 0 saturated carbocycles. The van der Waals surface area contributed by atoms with Crippen molar-refractivity contribution in [2.75, 3.05) is 13.2 Å². The van der Waals surface area contributed by atoms with Gasteiger partial charge in [-0.2, -0.15) is 0 Å². The predicted octanol–water partition coefficient (Wildman–Crippen LogP) is 1.31. The van der Waals surface area contributed by atoms with E-state index in [4.69, 9.17) is 9.84 Å². The summed E-state index contributed by atoms with van der Waals surface area (Å²) < 4.78 is 4.96. The van der Waals surface area contributed by atoms with Crippen molar-refractivity contribution in [2.45, 2.75) is 19.6 Å². The van der Waals surface area contributed by atoms with Crippen LogP contribution in [0.4, 0.5) is 4.79 Å². The Morgan fingerprint density at radius 2 is 2.12 bits per heavy atom. The summed E-state index contributed by atoms with van der Waals surface area (Å²) in [6.45, 7) is 2.91. The fourth-order valence-electron chi connectivity index (χ4n) is 1.71. The zero-order chi connectivity index (χ0) is 11.5. The Morgan fingerprint density at radius 1 is 1.44 bits per heavy atom. The van der Waals surface area contributed by atoms with Crippen LogP contribution in [0.5, 0.6) is 0 Å². The molecule has 1 aliphatic heterocycles. The molecule has 1 saturated heterocycles. The number of carbonyl (C=O) groups excluding carboxylic acids is 1. The minimum absolute atomic E-state index is 0.115. The summed E-state index contributed by atoms with van der Waals surface area (Å²) in [7, 11) is 0. The summed E-state index contributed by atoms with van der Waals surface area (Å²) in [5.41, 5.74) is 2.27. The standard InChI is InChI=1S/C12H15NO3/c1-9-2-4-10(5-3-9)6-13-7-11(8-14)16-12(13)15/h2-5,11,14H,6-8H2,1H3. The lowest BCUT2D eigenvalue weighted by molar-refractivity contribution is 0.0947. The second-order valence-electron chi connectivity index (χ2n) is 4.05. The summed E-state index contributed by atoms with van der Waals surface area (Å²) in [4.78, 5) is 13.0. The van der Waals surface area contributed by atoms with Crippen LogP contribution in [-0.2, 0) is 11.3 Å². The molecule has 0 bridgehead atoms. The molecule has 1 aromatic carbocycles. The maximum Gasteiger partial charge on any atom is 0.410 e. The first-order chi connectivity index (χ1) is 7.69. The summed E-state index contributed by atoms with van der Waals surface area (Å²) in [6, 6.07) is 8.02. The molecule has 1 aromatic rings. The fourth-order valence-corrected chi connectivity index (χ4v) is 1.71. The van der Waals surface area contributed by atoms with Gasteiger partial charge in [0.2, 0.25) is 0 Å². The Morgan fingerprint density at radius 3 is 2.69 bits per heavy atom. The number of amides is 1. The van der Waals surface area contributed by atoms with Gasteiger partial charge in [-0.05, 0) is 12.5 Å². The Bertz CT molecular complexity index is 374. The summed E-state index contributed by atoms with van der Waals surface area (Å²) in [5, 5.41) is 8.90. The van der Waals surface area contributed by atoms with Gasteiger partial charge in [-0.25, -0.2) is 4.79 Å². The highest BCUT2D eigenvalue weighted by Gasteiger charge is 2.30. The van der Waals surface area contributed by atoms with Gasteiger partial charge in [-0.15, -0.1) is 0 Å². The van der Waals surface area contributed by atoms with E-state index in [1.165, 1.54) is 5.56 Å². The molecule has 86 valence electrons. The van der Waals surface area contributed by atoms with E-state index < -0.39 is 0 Å². The largest absolute Gasteiger partial charge is 0.442 e. The number of carbonyl (C=O) groups is 1. The van der Waals surface area contributed by atoms with Gasteiger partial charge in [0, 0.05) is 6.54 Å². The van der Waals surface area contributed by atoms with Gasteiger partial charge in [-0.3, -0.25) is 0 Å². The number of benzene rings is 1. The zero-order valence-electron chi connectivity index (χ0n) is 9.22. The lowest BCUT2D eigenvalue weighted by atomic mass is 10.1. The second-order valence-corrected chi connectivity index (χ2v) is 4.05. The van der Waals surface area contributed by atoms with Crippen molar-refractivity contribution in [3.05, 3.63) is 35.4 Å². The molecule has 1 heterocycles. The molecule has 1 unspecified atom stereocenters. The number of aliphatic hydroxyl groups is 1. The van der Waals surface area contributed by atoms with E-state index in [0.717, 1.165) is 5.56 Å². The molecule has 0 aliphatic carbocycles. The second kappa shape index (κ2) is 4.53. The van der Waals surface area contributed by atoms with E-state index in [2.05, 4.69) is 0 Å². The van der Waals surface area contributed by atoms with Crippen molar-refractivity contribution >= 4 is 6.09 Å². The molecule has 0 radical (unpaired) electrons. The van der Waals surface area contributed by atoms with Crippen LogP contribution in [0.3, 0.4) is 0 Å². The third-order valence-electron chi connectivity index (χ3n) is 2.65. The lowest BCUT2D eigenvalue weighted by Crippen LogP contribution is -2.25. The van der Waals surface area contributed by atoms with E-state index in [0.29, 0.717) is 13.1 Å². The first-order valence-electron chi connectivity index (χ1n) is 5.31. The first kappa shape index (κ1) is 11.0. The average molecular weight is 221 g/mol. The van der Waals surface area contributed by atoms with E-state index in [1.54, 1.807) is 4.90 Å². The summed E-state index contributed by atoms with van der Waals surface area (Å²) in [6.07, 6.45) is -0.724. The molecular weight excluding hydrogens is 206 g/mol. The number of hydrogen-bond donors (Lipinski definition) is 1. The normalized spacial score (nSPS) is 20.0. The van der Waals surface area contributed by atoms with Crippen LogP contribution < -0.4 is 0 Å². The SMILES string of the molecule is Cc1ccc(CN2CC(CO)OC2=O)cc1. The van der Waals surface area contributed by atoms with Gasteiger partial charge >= 0.3 is 6.09 Å². The number of hydrogen-bond acceptors (Lipinski definition) is 3. The minimum atomic E-state index is -0.377. The number of aryl methyl sites for hydroxylation is 1. The zero-order valence-corrected chi connectivity index (χ0v) is 9.22. The van der Waals surface area contributed by atoms with Crippen LogP contribution in [0.2, 0.25) is 0 Å². The van der Waals surface area contributed by atoms with Gasteiger partial charge in [0.15, 0.2) is 0 Å². The van der Waals surface area contributed by atoms with Crippen molar-refractivity contribution < 1.29 is 14.6 Å². The Kier molecular flexibility index (Phi) is 3.10. The van der Waals surface area contributed by atoms with Crippen molar-refractivity contribution in [3.63, 3.8) is 0 Å². The maximum absolute atomic E-state index is 11.4. The predicted molar refractivity (Wildman–Crippen MR) is 58.9 cm³/mol. The maximum atomic E-state index is 11.4. The van der Waals surface area contributed by atoms with Crippen molar-refractivity contribution in [1.82, 2.24) is 4.90 Å². The van der Waals surface area contributed by atoms with Crippen LogP contribution in [0.25, 0.3) is 0 Å². The highest BCUT2D eigenvalue weighted by Crippen LogP contribution is 2.15. The van der Waals surface area contributed by atoms with E-state index in [1.807, 2.05) is 31.2 Å². The number of nitrogens with zero attached hydrogens (tertiary/aromatic N) is 1. The van der Waals surface area contributed by atoms with Gasteiger partial charge in [0.1, 0.15) is 6.10 Å². The third kappa shape index (κ3) is 2.33. The quantitative estimate of drug-likeness (QED) is 0.837. The van der Waals surface area contributed by atoms with Gasteiger partial charge in [-0.1, -0.05) is 29.8 Å². The highest BCUT2D eigenvalue weighted by molar-refractivity contribution is 5.69. The Balaban J connectivity index is 2.00. The van der Waals surface area contributed by atoms with Crippen LogP contribution in [0, 0.1) is 6.92 Å². The van der Waals surface area contributed by atoms with E-state index in [-0.39, 0.29) is 18.8 Å². The van der Waals surface area contributed by atoms with E-state index >= 15 is 0 Å². The number of ether oxygens (including phenoxy) is 1. The smallest absolute Gasteiger partial charge is 0.410 e. The minimum Gasteiger partial charge on any atom is -0.442 e. The summed E-state index contributed by atoms with van der Waals surface area (Å²) in [5.74, 6) is 0. The molecular formula is C12H15NO3. The Hall–Kier alpha value is -1.55. The fraction of sp³-hybridized carbons (Fsp3) is 0.417. The topological polar surface area (TPSA) is 49.8 Å². The third-order valence-corrected chi connectivity index (χ3v) is 2.65. The van der Waals surface area contributed by atoms with Crippen molar-refractivity contribution in [2.24, 2.45) is 0 Å². The summed E-state index contributed by atoms with van der Waals surface area (Å²) >= 11 is 0. The number of aliphatic hydroxyl groups excluding tert-OH is 1. The molecule has 0 aromatic heterocycles.